The van der Waals surface area contributed by atoms with Crippen molar-refractivity contribution in [1.82, 2.24) is 15.1 Å². The highest BCUT2D eigenvalue weighted by Gasteiger charge is 2.37. The topological polar surface area (TPSA) is 93.1 Å². The maximum absolute atomic E-state index is 11.7. The zero-order valence-corrected chi connectivity index (χ0v) is 12.3. The predicted octanol–water partition coefficient (Wildman–Crippen LogP) is -0.893. The number of amides is 1. The molecule has 3 rings (SSSR count). The number of aliphatic hydroxyl groups is 1. The summed E-state index contributed by atoms with van der Waals surface area (Å²) in [6.07, 6.45) is 4.45. The van der Waals surface area contributed by atoms with E-state index in [4.69, 9.17) is 9.90 Å². The van der Waals surface area contributed by atoms with Crippen LogP contribution in [0.3, 0.4) is 0 Å². The summed E-state index contributed by atoms with van der Waals surface area (Å²) < 4.78 is 0. The fraction of sp³-hybridized carbons (Fsp3) is 0.857. The van der Waals surface area contributed by atoms with E-state index in [0.717, 1.165) is 32.5 Å². The largest absolute Gasteiger partial charge is 0.483 e. The van der Waals surface area contributed by atoms with Crippen molar-refractivity contribution in [1.29, 1.82) is 0 Å². The third kappa shape index (κ3) is 4.94. The fourth-order valence-electron chi connectivity index (χ4n) is 3.11. The van der Waals surface area contributed by atoms with Gasteiger partial charge in [0.2, 0.25) is 5.91 Å². The molecule has 2 heterocycles. The van der Waals surface area contributed by atoms with Crippen LogP contribution in [0.25, 0.3) is 0 Å². The molecule has 3 N–H and O–H groups in total. The molecule has 0 aromatic heterocycles. The molecule has 0 aromatic rings. The summed E-state index contributed by atoms with van der Waals surface area (Å²) in [5.41, 5.74) is 0. The SMILES string of the molecule is O=C(CN1C[C@H](O)[C@@H](N2CCCC2)C1)NC1CC1.O=CO. The van der Waals surface area contributed by atoms with Crippen LogP contribution in [0.4, 0.5) is 0 Å². The minimum absolute atomic E-state index is 0.117. The third-order valence-corrected chi connectivity index (χ3v) is 4.25. The standard InChI is InChI=1S/C13H23N3O2.CH2O2/c17-12-8-15(9-13(18)14-10-3-4-10)7-11(12)16-5-1-2-6-16;2-1-3/h10-12,17H,1-9H2,(H,14,18);1H,(H,2,3)/t11-,12-;/m0./s1. The summed E-state index contributed by atoms with van der Waals surface area (Å²) in [4.78, 5) is 24.6. The number of β-amino-alcohol motifs (C(OH)–C–C–N with tert-alkyl or cyclic N) is 1. The number of carboxylic acid groups (broad SMARTS) is 1. The Kier molecular flexibility index (Phi) is 5.96. The molecule has 120 valence electrons. The van der Waals surface area contributed by atoms with Gasteiger partial charge in [-0.05, 0) is 38.8 Å². The maximum Gasteiger partial charge on any atom is 0.290 e. The van der Waals surface area contributed by atoms with Crippen LogP contribution in [-0.4, -0.2) is 83.3 Å². The molecule has 0 bridgehead atoms. The Morgan fingerprint density at radius 3 is 2.43 bits per heavy atom. The van der Waals surface area contributed by atoms with Gasteiger partial charge in [0.1, 0.15) is 0 Å². The van der Waals surface area contributed by atoms with Gasteiger partial charge in [-0.15, -0.1) is 0 Å². The number of carbonyl (C=O) groups is 2. The zero-order chi connectivity index (χ0) is 15.2. The van der Waals surface area contributed by atoms with E-state index < -0.39 is 0 Å². The third-order valence-electron chi connectivity index (χ3n) is 4.25. The van der Waals surface area contributed by atoms with Gasteiger partial charge in [0.25, 0.3) is 6.47 Å². The molecule has 0 unspecified atom stereocenters. The van der Waals surface area contributed by atoms with Gasteiger partial charge >= 0.3 is 0 Å². The molecule has 21 heavy (non-hydrogen) atoms. The Labute approximate surface area is 124 Å². The van der Waals surface area contributed by atoms with E-state index in [1.165, 1.54) is 12.8 Å². The monoisotopic (exact) mass is 299 g/mol. The quantitative estimate of drug-likeness (QED) is 0.583. The number of hydrogen-bond donors (Lipinski definition) is 3. The van der Waals surface area contributed by atoms with Crippen LogP contribution in [0.1, 0.15) is 25.7 Å². The van der Waals surface area contributed by atoms with E-state index >= 15 is 0 Å². The smallest absolute Gasteiger partial charge is 0.290 e. The van der Waals surface area contributed by atoms with Gasteiger partial charge in [-0.1, -0.05) is 0 Å². The lowest BCUT2D eigenvalue weighted by atomic mass is 10.2. The zero-order valence-electron chi connectivity index (χ0n) is 12.3. The fourth-order valence-corrected chi connectivity index (χ4v) is 3.11. The highest BCUT2D eigenvalue weighted by atomic mass is 16.3. The first-order valence-electron chi connectivity index (χ1n) is 7.65. The molecule has 2 atom stereocenters. The first kappa shape index (κ1) is 16.2. The van der Waals surface area contributed by atoms with Crippen molar-refractivity contribution in [3.05, 3.63) is 0 Å². The van der Waals surface area contributed by atoms with Crippen molar-refractivity contribution in [3.8, 4) is 0 Å². The number of likely N-dealkylation sites (tertiary alicyclic amines) is 2. The highest BCUT2D eigenvalue weighted by molar-refractivity contribution is 5.78. The molecule has 7 nitrogen and oxygen atoms in total. The molecule has 1 amide bonds. The normalized spacial score (nSPS) is 29.8. The summed E-state index contributed by atoms with van der Waals surface area (Å²) in [5.74, 6) is 0.117. The second-order valence-corrected chi connectivity index (χ2v) is 6.02. The Bertz CT molecular complexity index is 356. The Hall–Kier alpha value is -1.18. The molecular formula is C14H25N3O4. The summed E-state index contributed by atoms with van der Waals surface area (Å²) >= 11 is 0. The number of carbonyl (C=O) groups excluding carboxylic acids is 1. The van der Waals surface area contributed by atoms with Crippen LogP contribution < -0.4 is 5.32 Å². The number of aliphatic hydroxyl groups excluding tert-OH is 1. The van der Waals surface area contributed by atoms with E-state index in [1.54, 1.807) is 0 Å². The highest BCUT2D eigenvalue weighted by Crippen LogP contribution is 2.21. The van der Waals surface area contributed by atoms with Gasteiger partial charge < -0.3 is 15.5 Å². The lowest BCUT2D eigenvalue weighted by molar-refractivity contribution is -0.123. The van der Waals surface area contributed by atoms with E-state index in [2.05, 4.69) is 15.1 Å². The Morgan fingerprint density at radius 1 is 1.24 bits per heavy atom. The lowest BCUT2D eigenvalue weighted by Gasteiger charge is -2.25. The van der Waals surface area contributed by atoms with E-state index in [1.807, 2.05) is 0 Å². The second-order valence-electron chi connectivity index (χ2n) is 6.02. The minimum Gasteiger partial charge on any atom is -0.483 e. The first-order valence-corrected chi connectivity index (χ1v) is 7.65. The summed E-state index contributed by atoms with van der Waals surface area (Å²) in [7, 11) is 0. The van der Waals surface area contributed by atoms with Gasteiger partial charge in [0.05, 0.1) is 12.6 Å². The van der Waals surface area contributed by atoms with Crippen LogP contribution in [0.2, 0.25) is 0 Å². The molecule has 2 saturated heterocycles. The summed E-state index contributed by atoms with van der Waals surface area (Å²) in [6.45, 7) is 3.87. The molecule has 2 aliphatic heterocycles. The van der Waals surface area contributed by atoms with Crippen LogP contribution in [0.5, 0.6) is 0 Å². The molecule has 1 aliphatic carbocycles. The van der Waals surface area contributed by atoms with Crippen molar-refractivity contribution in [2.45, 2.75) is 43.9 Å². The van der Waals surface area contributed by atoms with Gasteiger partial charge in [0, 0.05) is 25.2 Å². The van der Waals surface area contributed by atoms with Crippen LogP contribution in [0.15, 0.2) is 0 Å². The van der Waals surface area contributed by atoms with E-state index in [0.29, 0.717) is 19.1 Å². The molecule has 0 radical (unpaired) electrons. The van der Waals surface area contributed by atoms with Crippen molar-refractivity contribution >= 4 is 12.4 Å². The van der Waals surface area contributed by atoms with E-state index in [-0.39, 0.29) is 24.5 Å². The number of nitrogens with one attached hydrogen (secondary N) is 1. The maximum atomic E-state index is 11.7. The lowest BCUT2D eigenvalue weighted by Crippen LogP contribution is -2.42. The van der Waals surface area contributed by atoms with Gasteiger partial charge in [-0.3, -0.25) is 19.4 Å². The number of hydrogen-bond acceptors (Lipinski definition) is 5. The molecule has 7 heteroatoms. The summed E-state index contributed by atoms with van der Waals surface area (Å²) in [5, 5.41) is 20.0. The van der Waals surface area contributed by atoms with Crippen molar-refractivity contribution in [2.75, 3.05) is 32.7 Å². The first-order chi connectivity index (χ1) is 10.1. The molecule has 3 aliphatic rings. The number of rotatable bonds is 4. The average molecular weight is 299 g/mol. The minimum atomic E-state index is -0.295. The van der Waals surface area contributed by atoms with Crippen LogP contribution in [-0.2, 0) is 9.59 Å². The summed E-state index contributed by atoms with van der Waals surface area (Å²) in [6, 6.07) is 0.667. The molecule has 1 saturated carbocycles. The van der Waals surface area contributed by atoms with Crippen molar-refractivity contribution in [3.63, 3.8) is 0 Å². The van der Waals surface area contributed by atoms with Gasteiger partial charge in [-0.25, -0.2) is 0 Å². The van der Waals surface area contributed by atoms with Crippen LogP contribution in [0, 0.1) is 0 Å². The Balaban J connectivity index is 0.000000497. The van der Waals surface area contributed by atoms with Crippen molar-refractivity contribution < 1.29 is 19.8 Å². The molecule has 0 spiro atoms. The second kappa shape index (κ2) is 7.72. The van der Waals surface area contributed by atoms with Gasteiger partial charge in [-0.2, -0.15) is 0 Å². The predicted molar refractivity (Wildman–Crippen MR) is 76.9 cm³/mol. The average Bonchev–Trinajstić information content (AvgIpc) is 2.94. The molecule has 0 aromatic carbocycles. The van der Waals surface area contributed by atoms with Crippen LogP contribution >= 0.6 is 0 Å². The Morgan fingerprint density at radius 2 is 1.86 bits per heavy atom. The molecular weight excluding hydrogens is 274 g/mol. The van der Waals surface area contributed by atoms with Gasteiger partial charge in [0.15, 0.2) is 0 Å². The molecule has 3 fully saturated rings. The van der Waals surface area contributed by atoms with Crippen molar-refractivity contribution in [2.24, 2.45) is 0 Å². The van der Waals surface area contributed by atoms with E-state index in [9.17, 15) is 9.90 Å². The number of nitrogens with zero attached hydrogens (tertiary/aromatic N) is 2.